The van der Waals surface area contributed by atoms with E-state index in [9.17, 15) is 25.0 Å². The van der Waals surface area contributed by atoms with E-state index >= 15 is 0 Å². The molecule has 2 saturated heterocycles. The molecule has 0 saturated carbocycles. The molecule has 3 aromatic rings. The number of fused-ring (bicyclic) bond motifs is 2. The summed E-state index contributed by atoms with van der Waals surface area (Å²) in [5, 5.41) is 23.2. The first-order chi connectivity index (χ1) is 17.5. The molecule has 3 heterocycles. The zero-order valence-electron chi connectivity index (χ0n) is 19.0. The number of imide groups is 1. The Morgan fingerprint density at radius 3 is 2.58 bits per heavy atom. The number of carbonyl (C=O) groups is 2. The van der Waals surface area contributed by atoms with Crippen LogP contribution in [0.4, 0.5) is 16.4 Å². The van der Waals surface area contributed by atoms with Crippen LogP contribution in [0.1, 0.15) is 40.5 Å². The Bertz CT molecular complexity index is 1450. The van der Waals surface area contributed by atoms with Crippen molar-refractivity contribution < 1.29 is 19.3 Å². The van der Waals surface area contributed by atoms with Crippen LogP contribution in [0.25, 0.3) is 0 Å². The number of aryl methyl sites for hydroxylation is 1. The van der Waals surface area contributed by atoms with Crippen molar-refractivity contribution in [2.45, 2.75) is 37.8 Å². The minimum absolute atomic E-state index is 0.115. The number of hydrogen-bond acceptors (Lipinski definition) is 8. The summed E-state index contributed by atoms with van der Waals surface area (Å²) in [6.45, 7) is 0. The van der Waals surface area contributed by atoms with E-state index in [0.29, 0.717) is 21.8 Å². The van der Waals surface area contributed by atoms with Crippen molar-refractivity contribution in [2.24, 2.45) is 5.92 Å². The van der Waals surface area contributed by atoms with Gasteiger partial charge in [-0.25, -0.2) is 9.96 Å². The molecule has 0 bridgehead atoms. The third-order valence-electron chi connectivity index (χ3n) is 7.02. The molecule has 0 unspecified atom stereocenters. The smallest absolute Gasteiger partial charge is 0.269 e. The first-order valence-corrected chi connectivity index (χ1v) is 12.5. The van der Waals surface area contributed by atoms with E-state index in [1.165, 1.54) is 28.5 Å². The number of hydrogen-bond donors (Lipinski definition) is 0. The van der Waals surface area contributed by atoms with Crippen LogP contribution in [0.3, 0.4) is 0 Å². The molecular weight excluding hydrogens is 480 g/mol. The number of amides is 2. The normalized spacial score (nSPS) is 22.9. The lowest BCUT2D eigenvalue weighted by Crippen LogP contribution is -2.37. The molecule has 9 nitrogen and oxygen atoms in total. The molecule has 6 rings (SSSR count). The van der Waals surface area contributed by atoms with E-state index in [1.807, 2.05) is 18.2 Å². The fourth-order valence-corrected chi connectivity index (χ4v) is 6.75. The summed E-state index contributed by atoms with van der Waals surface area (Å²) < 4.78 is 0. The second-order valence-corrected chi connectivity index (χ2v) is 10.1. The largest absolute Gasteiger partial charge is 0.273 e. The Kier molecular flexibility index (Phi) is 5.32. The Morgan fingerprint density at radius 2 is 1.83 bits per heavy atom. The molecule has 1 aromatic heterocycles. The average molecular weight is 501 g/mol. The monoisotopic (exact) mass is 500 g/mol. The Hall–Kier alpha value is -4.07. The summed E-state index contributed by atoms with van der Waals surface area (Å²) >= 11 is 1.33. The maximum Gasteiger partial charge on any atom is 0.269 e. The van der Waals surface area contributed by atoms with Gasteiger partial charge in [-0.2, -0.15) is 5.26 Å². The van der Waals surface area contributed by atoms with Crippen LogP contribution < -0.4 is 9.96 Å². The molecule has 0 spiro atoms. The number of rotatable bonds is 4. The van der Waals surface area contributed by atoms with Crippen molar-refractivity contribution in [3.63, 3.8) is 0 Å². The van der Waals surface area contributed by atoms with E-state index in [-0.39, 0.29) is 5.69 Å². The van der Waals surface area contributed by atoms with Crippen LogP contribution in [-0.4, -0.2) is 22.8 Å². The van der Waals surface area contributed by atoms with Gasteiger partial charge in [-0.05, 0) is 48.9 Å². The molecule has 1 aliphatic carbocycles. The maximum absolute atomic E-state index is 13.9. The summed E-state index contributed by atoms with van der Waals surface area (Å²) in [5.41, 5.74) is 2.33. The number of para-hydroxylation sites is 1. The number of anilines is 2. The van der Waals surface area contributed by atoms with Gasteiger partial charge < -0.3 is 0 Å². The first kappa shape index (κ1) is 22.4. The van der Waals surface area contributed by atoms with E-state index in [0.717, 1.165) is 41.0 Å². The number of nitro groups is 1. The molecule has 36 heavy (non-hydrogen) atoms. The summed E-state index contributed by atoms with van der Waals surface area (Å²) in [4.78, 5) is 46.8. The highest BCUT2D eigenvalue weighted by atomic mass is 32.1. The summed E-state index contributed by atoms with van der Waals surface area (Å²) in [6.07, 6.45) is 2.45. The Morgan fingerprint density at radius 1 is 1.06 bits per heavy atom. The number of nitrogens with zero attached hydrogens (tertiary/aromatic N) is 4. The van der Waals surface area contributed by atoms with Crippen molar-refractivity contribution in [1.29, 1.82) is 5.26 Å². The lowest BCUT2D eigenvalue weighted by molar-refractivity contribution is -0.384. The average Bonchev–Trinajstić information content (AvgIpc) is 3.54. The third-order valence-corrected chi connectivity index (χ3v) is 8.29. The molecule has 2 aliphatic heterocycles. The van der Waals surface area contributed by atoms with Gasteiger partial charge >= 0.3 is 0 Å². The number of benzene rings is 2. The minimum atomic E-state index is -1.10. The predicted octanol–water partition coefficient (Wildman–Crippen LogP) is 4.46. The van der Waals surface area contributed by atoms with Crippen molar-refractivity contribution >= 4 is 39.5 Å². The predicted molar refractivity (Wildman–Crippen MR) is 131 cm³/mol. The zero-order valence-corrected chi connectivity index (χ0v) is 19.8. The molecule has 2 amide bonds. The third kappa shape index (κ3) is 3.31. The highest BCUT2D eigenvalue weighted by Crippen LogP contribution is 2.50. The fourth-order valence-electron chi connectivity index (χ4n) is 5.40. The fraction of sp³-hybridized carbons (Fsp3) is 0.269. The van der Waals surface area contributed by atoms with Gasteiger partial charge in [0.25, 0.3) is 11.6 Å². The van der Waals surface area contributed by atoms with E-state index in [1.54, 1.807) is 24.3 Å². The van der Waals surface area contributed by atoms with Crippen LogP contribution >= 0.6 is 11.3 Å². The molecule has 10 heteroatoms. The minimum Gasteiger partial charge on any atom is -0.273 e. The number of nitro benzene ring substituents is 1. The zero-order chi connectivity index (χ0) is 25.0. The molecule has 3 aliphatic rings. The van der Waals surface area contributed by atoms with Gasteiger partial charge in [-0.15, -0.1) is 11.3 Å². The molecule has 2 aromatic carbocycles. The van der Waals surface area contributed by atoms with Crippen molar-refractivity contribution in [1.82, 2.24) is 0 Å². The molecule has 3 atom stereocenters. The topological polar surface area (TPSA) is 117 Å². The van der Waals surface area contributed by atoms with E-state index in [2.05, 4.69) is 6.07 Å². The van der Waals surface area contributed by atoms with Gasteiger partial charge in [0.1, 0.15) is 17.0 Å². The standard InChI is InChI=1S/C26H20N4O5S/c27-14-19-18-11-4-5-12-20(18)36-26(19)28-24(31)21-22(15-7-6-10-17(13-15)30(33)34)29(35-23(21)25(28)32)16-8-2-1-3-9-16/h1-3,6-10,13,21-23H,4-5,11-12H2/t21-,22-,23-/m0/s1. The molecule has 2 fully saturated rings. The number of nitriles is 1. The summed E-state index contributed by atoms with van der Waals surface area (Å²) in [5.74, 6) is -1.91. The van der Waals surface area contributed by atoms with Crippen LogP contribution in [0.5, 0.6) is 0 Å². The van der Waals surface area contributed by atoms with Crippen LogP contribution in [0.15, 0.2) is 54.6 Å². The quantitative estimate of drug-likeness (QED) is 0.295. The van der Waals surface area contributed by atoms with Crippen LogP contribution in [-0.2, 0) is 27.3 Å². The van der Waals surface area contributed by atoms with E-state index in [4.69, 9.17) is 4.84 Å². The SMILES string of the molecule is N#Cc1c(N2C(=O)[C@@H]3[C@H](ON(c4ccccc4)[C@H]3c3cccc([N+](=O)[O-])c3)C2=O)sc2c1CCCC2. The molecule has 180 valence electrons. The van der Waals surface area contributed by atoms with E-state index < -0.39 is 34.8 Å². The van der Waals surface area contributed by atoms with Gasteiger partial charge in [0, 0.05) is 17.0 Å². The van der Waals surface area contributed by atoms with Crippen LogP contribution in [0, 0.1) is 27.4 Å². The van der Waals surface area contributed by atoms with Crippen LogP contribution in [0.2, 0.25) is 0 Å². The lowest BCUT2D eigenvalue weighted by Gasteiger charge is -2.28. The molecule has 0 N–H and O–H groups in total. The molecular formula is C26H20N4O5S. The number of carbonyl (C=O) groups excluding carboxylic acids is 2. The second-order valence-electron chi connectivity index (χ2n) is 9.02. The highest BCUT2D eigenvalue weighted by molar-refractivity contribution is 7.17. The number of non-ortho nitro benzene ring substituents is 1. The lowest BCUT2D eigenvalue weighted by atomic mass is 9.90. The van der Waals surface area contributed by atoms with Crippen molar-refractivity contribution in [3.8, 4) is 6.07 Å². The Balaban J connectivity index is 1.45. The maximum atomic E-state index is 13.9. The summed E-state index contributed by atoms with van der Waals surface area (Å²) in [7, 11) is 0. The number of thiophene rings is 1. The van der Waals surface area contributed by atoms with Gasteiger partial charge in [0.05, 0.1) is 22.2 Å². The first-order valence-electron chi connectivity index (χ1n) is 11.7. The van der Waals surface area contributed by atoms with Gasteiger partial charge in [0.2, 0.25) is 5.91 Å². The van der Waals surface area contributed by atoms with Gasteiger partial charge in [-0.1, -0.05) is 30.3 Å². The molecule has 0 radical (unpaired) electrons. The summed E-state index contributed by atoms with van der Waals surface area (Å²) in [6, 6.07) is 16.5. The van der Waals surface area contributed by atoms with Gasteiger partial charge in [0.15, 0.2) is 6.10 Å². The van der Waals surface area contributed by atoms with Gasteiger partial charge in [-0.3, -0.25) is 24.5 Å². The highest BCUT2D eigenvalue weighted by Gasteiger charge is 2.61. The van der Waals surface area contributed by atoms with Crippen molar-refractivity contribution in [3.05, 3.63) is 86.3 Å². The van der Waals surface area contributed by atoms with Crippen molar-refractivity contribution in [2.75, 3.05) is 9.96 Å². The number of hydroxylamine groups is 1. The second kappa shape index (κ2) is 8.55. The Labute approximate surface area is 210 Å².